The van der Waals surface area contributed by atoms with Gasteiger partial charge in [0.2, 0.25) is 10.0 Å². The average Bonchev–Trinajstić information content (AvgIpc) is 3.50. The molecule has 2 aromatic heterocycles. The zero-order valence-electron chi connectivity index (χ0n) is 22.3. The van der Waals surface area contributed by atoms with Gasteiger partial charge in [-0.05, 0) is 37.6 Å². The van der Waals surface area contributed by atoms with E-state index >= 15 is 0 Å². The number of hydrogen-bond acceptors (Lipinski definition) is 10. The van der Waals surface area contributed by atoms with Crippen LogP contribution in [0.15, 0.2) is 41.8 Å². The molecule has 0 radical (unpaired) electrons. The molecule has 0 bridgehead atoms. The van der Waals surface area contributed by atoms with E-state index in [1.165, 1.54) is 39.5 Å². The van der Waals surface area contributed by atoms with E-state index in [0.29, 0.717) is 25.2 Å². The van der Waals surface area contributed by atoms with E-state index in [4.69, 9.17) is 16.3 Å². The van der Waals surface area contributed by atoms with Gasteiger partial charge in [0.05, 0.1) is 11.2 Å². The maximum Gasteiger partial charge on any atom is 0.324 e. The Kier molecular flexibility index (Phi) is 9.72. The summed E-state index contributed by atoms with van der Waals surface area (Å²) < 4.78 is 34.1. The molecule has 5 N–H and O–H groups in total. The van der Waals surface area contributed by atoms with Crippen LogP contribution in [-0.2, 0) is 19.6 Å². The third-order valence-corrected chi connectivity index (χ3v) is 8.35. The van der Waals surface area contributed by atoms with Crippen LogP contribution < -0.4 is 16.0 Å². The number of urea groups is 1. The Morgan fingerprint density at radius 3 is 2.46 bits per heavy atom. The van der Waals surface area contributed by atoms with Gasteiger partial charge in [0.25, 0.3) is 5.91 Å². The van der Waals surface area contributed by atoms with E-state index in [-0.39, 0.29) is 34.3 Å². The van der Waals surface area contributed by atoms with Crippen molar-refractivity contribution in [1.82, 2.24) is 29.1 Å². The summed E-state index contributed by atoms with van der Waals surface area (Å²) >= 11 is 5.77. The third kappa shape index (κ3) is 6.42. The second-order valence-electron chi connectivity index (χ2n) is 9.07. The lowest BCUT2D eigenvalue weighted by molar-refractivity contribution is -0.137. The first-order valence-electron chi connectivity index (χ1n) is 12.8. The summed E-state index contributed by atoms with van der Waals surface area (Å²) in [4.78, 5) is 37.4. The fourth-order valence-electron chi connectivity index (χ4n) is 4.34. The number of aromatic nitrogens is 4. The minimum atomic E-state index is -3.74. The molecule has 0 saturated carbocycles. The summed E-state index contributed by atoms with van der Waals surface area (Å²) in [5, 5.41) is 28.6. The minimum absolute atomic E-state index is 0.0371. The average molecular weight is 611 g/mol. The van der Waals surface area contributed by atoms with Crippen molar-refractivity contribution in [2.75, 3.05) is 36.1 Å². The van der Waals surface area contributed by atoms with Crippen molar-refractivity contribution < 1.29 is 33.0 Å². The Hall–Kier alpha value is -3.41. The van der Waals surface area contributed by atoms with Gasteiger partial charge in [0, 0.05) is 31.2 Å². The van der Waals surface area contributed by atoms with Crippen molar-refractivity contribution in [3.8, 4) is 0 Å². The molecule has 0 spiro atoms. The lowest BCUT2D eigenvalue weighted by atomic mass is 10.1. The van der Waals surface area contributed by atoms with Crippen LogP contribution in [0.5, 0.6) is 0 Å². The van der Waals surface area contributed by atoms with Gasteiger partial charge in [-0.3, -0.25) is 14.7 Å². The molecule has 41 heavy (non-hydrogen) atoms. The monoisotopic (exact) mass is 610 g/mol. The molecule has 222 valence electrons. The number of sulfonamides is 1. The molecule has 3 aromatic rings. The topological polar surface area (TPSA) is 201 Å². The van der Waals surface area contributed by atoms with Gasteiger partial charge >= 0.3 is 6.03 Å². The SMILES string of the molecule is CCCN(CCCl)S(=O)(=O)c1ccc(NC(=O)Nc2ncnc3c2ncn3[C@@H]2O[C@H](C(=O)NCC)[C@@H](O)[C@H]2O)cc1. The molecule has 1 aliphatic rings. The number of ether oxygens (including phenoxy) is 1. The zero-order valence-corrected chi connectivity index (χ0v) is 23.8. The number of alkyl halides is 1. The van der Waals surface area contributed by atoms with Gasteiger partial charge < -0.3 is 25.6 Å². The Labute approximate surface area is 240 Å². The number of carbonyl (C=O) groups is 2. The highest BCUT2D eigenvalue weighted by Crippen LogP contribution is 2.32. The summed E-state index contributed by atoms with van der Waals surface area (Å²) in [7, 11) is -3.74. The van der Waals surface area contributed by atoms with Crippen LogP contribution in [0, 0.1) is 0 Å². The Bertz CT molecular complexity index is 1480. The van der Waals surface area contributed by atoms with Crippen LogP contribution in [-0.4, -0.2) is 98.2 Å². The molecule has 4 rings (SSSR count). The molecular weight excluding hydrogens is 580 g/mol. The lowest BCUT2D eigenvalue weighted by Crippen LogP contribution is -2.42. The van der Waals surface area contributed by atoms with Crippen LogP contribution in [0.3, 0.4) is 0 Å². The van der Waals surface area contributed by atoms with Crippen molar-refractivity contribution in [3.05, 3.63) is 36.9 Å². The number of amides is 3. The van der Waals surface area contributed by atoms with E-state index < -0.39 is 46.5 Å². The maximum atomic E-state index is 12.9. The van der Waals surface area contributed by atoms with Crippen molar-refractivity contribution in [1.29, 1.82) is 0 Å². The predicted molar refractivity (Wildman–Crippen MR) is 149 cm³/mol. The van der Waals surface area contributed by atoms with Crippen LogP contribution in [0.4, 0.5) is 16.3 Å². The van der Waals surface area contributed by atoms with Crippen LogP contribution >= 0.6 is 11.6 Å². The molecule has 17 heteroatoms. The minimum Gasteiger partial charge on any atom is -0.387 e. The number of aliphatic hydroxyl groups is 2. The fourth-order valence-corrected chi connectivity index (χ4v) is 6.17. The van der Waals surface area contributed by atoms with E-state index in [1.54, 1.807) is 6.92 Å². The van der Waals surface area contributed by atoms with Crippen molar-refractivity contribution in [2.24, 2.45) is 0 Å². The molecule has 3 heterocycles. The summed E-state index contributed by atoms with van der Waals surface area (Å²) in [5.41, 5.74) is 0.655. The standard InChI is InChI=1S/C24H31ClN8O7S/c1-3-10-32(11-9-25)41(38,39)15-7-5-14(6-8-15)30-24(37)31-20-16-21(28-12-27-20)33(13-29-16)23-18(35)17(34)19(40-23)22(36)26-4-2/h5-8,12-13,17-19,23,34-35H,3-4,9-11H2,1-2H3,(H,26,36)(H2,27,28,30,31,37)/t17-,18+,19-,23+/m0/s1. The summed E-state index contributed by atoms with van der Waals surface area (Å²) in [6.07, 6.45) is -2.32. The largest absolute Gasteiger partial charge is 0.387 e. The number of nitrogens with zero attached hydrogens (tertiary/aromatic N) is 5. The molecule has 0 unspecified atom stereocenters. The summed E-state index contributed by atoms with van der Waals surface area (Å²) in [5.74, 6) is -0.366. The number of benzene rings is 1. The molecule has 1 aromatic carbocycles. The summed E-state index contributed by atoms with van der Waals surface area (Å²) in [6.45, 7) is 4.42. The number of carbonyl (C=O) groups excluding carboxylic acids is 2. The number of halogens is 1. The van der Waals surface area contributed by atoms with E-state index in [2.05, 4.69) is 30.9 Å². The van der Waals surface area contributed by atoms with Gasteiger partial charge in [-0.2, -0.15) is 4.31 Å². The number of imidazole rings is 1. The first-order chi connectivity index (χ1) is 19.6. The highest BCUT2D eigenvalue weighted by molar-refractivity contribution is 7.89. The van der Waals surface area contributed by atoms with Crippen molar-refractivity contribution >= 4 is 56.2 Å². The molecular formula is C24H31ClN8O7S. The van der Waals surface area contributed by atoms with Gasteiger partial charge in [-0.25, -0.2) is 28.2 Å². The van der Waals surface area contributed by atoms with Crippen molar-refractivity contribution in [2.45, 2.75) is 49.7 Å². The Morgan fingerprint density at radius 1 is 1.07 bits per heavy atom. The van der Waals surface area contributed by atoms with Gasteiger partial charge in [-0.15, -0.1) is 11.6 Å². The third-order valence-electron chi connectivity index (χ3n) is 6.27. The number of likely N-dealkylation sites (N-methyl/N-ethyl adjacent to an activating group) is 1. The highest BCUT2D eigenvalue weighted by Gasteiger charge is 2.47. The normalized spacial score (nSPS) is 20.8. The number of rotatable bonds is 11. The molecule has 1 aliphatic heterocycles. The number of hydrogen-bond donors (Lipinski definition) is 5. The second-order valence-corrected chi connectivity index (χ2v) is 11.4. The van der Waals surface area contributed by atoms with Gasteiger partial charge in [0.1, 0.15) is 18.5 Å². The molecule has 0 aliphatic carbocycles. The smallest absolute Gasteiger partial charge is 0.324 e. The van der Waals surface area contributed by atoms with E-state index in [9.17, 15) is 28.2 Å². The first kappa shape index (κ1) is 30.5. The quantitative estimate of drug-likeness (QED) is 0.194. The molecule has 1 fully saturated rings. The first-order valence-corrected chi connectivity index (χ1v) is 14.8. The van der Waals surface area contributed by atoms with Crippen LogP contribution in [0.25, 0.3) is 11.2 Å². The molecule has 1 saturated heterocycles. The van der Waals surface area contributed by atoms with Crippen LogP contribution in [0.2, 0.25) is 0 Å². The number of nitrogens with one attached hydrogen (secondary N) is 3. The number of fused-ring (bicyclic) bond motifs is 1. The Balaban J connectivity index is 1.47. The van der Waals surface area contributed by atoms with Gasteiger partial charge in [0.15, 0.2) is 29.3 Å². The second kappa shape index (κ2) is 13.1. The molecule has 4 atom stereocenters. The highest BCUT2D eigenvalue weighted by atomic mass is 35.5. The Morgan fingerprint density at radius 2 is 1.80 bits per heavy atom. The number of aliphatic hydroxyl groups excluding tert-OH is 2. The fraction of sp³-hybridized carbons (Fsp3) is 0.458. The van der Waals surface area contributed by atoms with Gasteiger partial charge in [-0.1, -0.05) is 6.92 Å². The molecule has 3 amide bonds. The van der Waals surface area contributed by atoms with Crippen molar-refractivity contribution in [3.63, 3.8) is 0 Å². The molecule has 15 nitrogen and oxygen atoms in total. The number of anilines is 2. The lowest BCUT2D eigenvalue weighted by Gasteiger charge is -2.20. The summed E-state index contributed by atoms with van der Waals surface area (Å²) in [6, 6.07) is 5.01. The predicted octanol–water partition coefficient (Wildman–Crippen LogP) is 0.865. The van der Waals surface area contributed by atoms with E-state index in [0.717, 1.165) is 6.33 Å². The zero-order chi connectivity index (χ0) is 29.7. The van der Waals surface area contributed by atoms with Crippen LogP contribution in [0.1, 0.15) is 26.5 Å². The maximum absolute atomic E-state index is 12.9. The van der Waals surface area contributed by atoms with E-state index in [1.807, 2.05) is 6.92 Å².